The van der Waals surface area contributed by atoms with Gasteiger partial charge in [0.15, 0.2) is 0 Å². The zero-order valence-electron chi connectivity index (χ0n) is 12.4. The molecule has 0 aliphatic heterocycles. The van der Waals surface area contributed by atoms with Gasteiger partial charge >= 0.3 is 0 Å². The SMILES string of the molecule is CCC1([C@@H](N[S@](=O)C(C)(C)C)c2cccs2)CCC1. The van der Waals surface area contributed by atoms with Crippen LogP contribution in [-0.2, 0) is 11.0 Å². The van der Waals surface area contributed by atoms with Gasteiger partial charge in [-0.05, 0) is 56.9 Å². The van der Waals surface area contributed by atoms with Gasteiger partial charge in [-0.15, -0.1) is 11.3 Å². The number of hydrogen-bond donors (Lipinski definition) is 1. The second kappa shape index (κ2) is 5.66. The Hall–Kier alpha value is -0.190. The van der Waals surface area contributed by atoms with Crippen LogP contribution in [0.1, 0.15) is 64.3 Å². The third-order valence-electron chi connectivity index (χ3n) is 4.27. The lowest BCUT2D eigenvalue weighted by Crippen LogP contribution is -2.46. The quantitative estimate of drug-likeness (QED) is 0.856. The highest BCUT2D eigenvalue weighted by Crippen LogP contribution is 2.53. The van der Waals surface area contributed by atoms with Crippen molar-refractivity contribution < 1.29 is 4.21 Å². The van der Waals surface area contributed by atoms with Gasteiger partial charge in [0.05, 0.1) is 21.8 Å². The summed E-state index contributed by atoms with van der Waals surface area (Å²) in [6.07, 6.45) is 4.96. The molecule has 1 fully saturated rings. The van der Waals surface area contributed by atoms with E-state index in [2.05, 4.69) is 29.2 Å². The van der Waals surface area contributed by atoms with Gasteiger partial charge in [-0.3, -0.25) is 0 Å². The third-order valence-corrected chi connectivity index (χ3v) is 6.77. The van der Waals surface area contributed by atoms with Gasteiger partial charge in [0.2, 0.25) is 0 Å². The molecule has 1 aliphatic carbocycles. The molecule has 0 saturated heterocycles. The molecule has 108 valence electrons. The number of nitrogens with one attached hydrogen (secondary N) is 1. The number of hydrogen-bond acceptors (Lipinski definition) is 2. The summed E-state index contributed by atoms with van der Waals surface area (Å²) >= 11 is 1.78. The van der Waals surface area contributed by atoms with Crippen molar-refractivity contribution in [3.63, 3.8) is 0 Å². The standard InChI is InChI=1S/C15H25NOS2/c1-5-15(9-7-10-15)13(12-8-6-11-18-12)16-19(17)14(2,3)4/h6,8,11,13,16H,5,7,9-10H2,1-4H3/t13-,19+/m0/s1. The molecular weight excluding hydrogens is 274 g/mol. The molecule has 1 aromatic heterocycles. The van der Waals surface area contributed by atoms with Gasteiger partial charge in [0.25, 0.3) is 0 Å². The van der Waals surface area contributed by atoms with Gasteiger partial charge in [-0.25, -0.2) is 8.93 Å². The van der Waals surface area contributed by atoms with Gasteiger partial charge < -0.3 is 0 Å². The zero-order valence-corrected chi connectivity index (χ0v) is 14.0. The van der Waals surface area contributed by atoms with E-state index in [1.807, 2.05) is 20.8 Å². The third kappa shape index (κ3) is 3.11. The van der Waals surface area contributed by atoms with Crippen LogP contribution in [0.25, 0.3) is 0 Å². The summed E-state index contributed by atoms with van der Waals surface area (Å²) in [5, 5.41) is 2.12. The van der Waals surface area contributed by atoms with Crippen LogP contribution in [-0.4, -0.2) is 8.96 Å². The Morgan fingerprint density at radius 1 is 1.47 bits per heavy atom. The van der Waals surface area contributed by atoms with Gasteiger partial charge in [-0.2, -0.15) is 0 Å². The molecule has 4 heteroatoms. The van der Waals surface area contributed by atoms with E-state index in [0.29, 0.717) is 5.41 Å². The molecule has 0 bridgehead atoms. The van der Waals surface area contributed by atoms with Crippen LogP contribution in [0, 0.1) is 5.41 Å². The maximum absolute atomic E-state index is 12.5. The molecule has 0 aromatic carbocycles. The molecule has 0 radical (unpaired) electrons. The maximum Gasteiger partial charge on any atom is 0.0976 e. The molecule has 1 aromatic rings. The molecule has 1 saturated carbocycles. The van der Waals surface area contributed by atoms with Crippen molar-refractivity contribution in [3.8, 4) is 0 Å². The predicted molar refractivity (Wildman–Crippen MR) is 84.7 cm³/mol. The highest BCUT2D eigenvalue weighted by molar-refractivity contribution is 7.84. The highest BCUT2D eigenvalue weighted by atomic mass is 32.2. The van der Waals surface area contributed by atoms with Crippen molar-refractivity contribution in [2.45, 2.75) is 64.2 Å². The fraction of sp³-hybridized carbons (Fsp3) is 0.733. The largest absolute Gasteiger partial charge is 0.242 e. The molecule has 1 N–H and O–H groups in total. The van der Waals surface area contributed by atoms with Crippen molar-refractivity contribution in [2.75, 3.05) is 0 Å². The summed E-state index contributed by atoms with van der Waals surface area (Å²) in [6, 6.07) is 4.51. The van der Waals surface area contributed by atoms with Crippen LogP contribution < -0.4 is 4.72 Å². The lowest BCUT2D eigenvalue weighted by molar-refractivity contribution is 0.0819. The molecule has 2 rings (SSSR count). The van der Waals surface area contributed by atoms with Crippen LogP contribution in [0.3, 0.4) is 0 Å². The van der Waals surface area contributed by atoms with Gasteiger partial charge in [0, 0.05) is 4.88 Å². The molecular formula is C15H25NOS2. The van der Waals surface area contributed by atoms with Gasteiger partial charge in [0.1, 0.15) is 0 Å². The topological polar surface area (TPSA) is 29.1 Å². The van der Waals surface area contributed by atoms with Crippen LogP contribution in [0.2, 0.25) is 0 Å². The normalized spacial score (nSPS) is 21.7. The van der Waals surface area contributed by atoms with Crippen molar-refractivity contribution in [1.82, 2.24) is 4.72 Å². The highest BCUT2D eigenvalue weighted by Gasteiger charge is 2.45. The average molecular weight is 300 g/mol. The Morgan fingerprint density at radius 2 is 2.16 bits per heavy atom. The Kier molecular flexibility index (Phi) is 4.53. The minimum absolute atomic E-state index is 0.214. The monoisotopic (exact) mass is 299 g/mol. The van der Waals surface area contributed by atoms with E-state index < -0.39 is 11.0 Å². The van der Waals surface area contributed by atoms with Crippen LogP contribution in [0.15, 0.2) is 17.5 Å². The van der Waals surface area contributed by atoms with E-state index in [4.69, 9.17) is 0 Å². The molecule has 0 unspecified atom stereocenters. The second-order valence-corrected chi connectivity index (χ2v) is 9.49. The molecule has 0 spiro atoms. The summed E-state index contributed by atoms with van der Waals surface area (Å²) in [6.45, 7) is 8.35. The zero-order chi connectivity index (χ0) is 14.1. The van der Waals surface area contributed by atoms with Gasteiger partial charge in [-0.1, -0.05) is 19.4 Å². The van der Waals surface area contributed by atoms with Crippen LogP contribution >= 0.6 is 11.3 Å². The predicted octanol–water partition coefficient (Wildman–Crippen LogP) is 4.42. The van der Waals surface area contributed by atoms with Crippen LogP contribution in [0.4, 0.5) is 0 Å². The molecule has 0 amide bonds. The first-order valence-electron chi connectivity index (χ1n) is 7.10. The van der Waals surface area contributed by atoms with E-state index in [0.717, 1.165) is 6.42 Å². The Bertz CT molecular complexity index is 424. The van der Waals surface area contributed by atoms with E-state index >= 15 is 0 Å². The first-order chi connectivity index (χ1) is 8.89. The summed E-state index contributed by atoms with van der Waals surface area (Å²) in [4.78, 5) is 1.33. The first kappa shape index (κ1) is 15.2. The fourth-order valence-corrected chi connectivity index (χ4v) is 4.64. The number of thiophene rings is 1. The van der Waals surface area contributed by atoms with Crippen molar-refractivity contribution in [1.29, 1.82) is 0 Å². The second-order valence-electron chi connectivity index (χ2n) is 6.52. The van der Waals surface area contributed by atoms with E-state index in [9.17, 15) is 4.21 Å². The molecule has 1 aliphatic rings. The summed E-state index contributed by atoms with van der Waals surface area (Å²) in [7, 11) is -1.01. The lowest BCUT2D eigenvalue weighted by Gasteiger charge is -2.47. The molecule has 2 atom stereocenters. The molecule has 2 nitrogen and oxygen atoms in total. The minimum Gasteiger partial charge on any atom is -0.242 e. The Morgan fingerprint density at radius 3 is 2.53 bits per heavy atom. The Balaban J connectivity index is 2.23. The molecule has 19 heavy (non-hydrogen) atoms. The fourth-order valence-electron chi connectivity index (χ4n) is 2.70. The minimum atomic E-state index is -1.01. The first-order valence-corrected chi connectivity index (χ1v) is 9.13. The van der Waals surface area contributed by atoms with Crippen molar-refractivity contribution >= 4 is 22.3 Å². The van der Waals surface area contributed by atoms with E-state index in [1.54, 1.807) is 11.3 Å². The lowest BCUT2D eigenvalue weighted by atomic mass is 9.62. The van der Waals surface area contributed by atoms with Crippen molar-refractivity contribution in [2.24, 2.45) is 5.41 Å². The number of rotatable bonds is 5. The summed E-state index contributed by atoms with van der Waals surface area (Å²) < 4.78 is 15.7. The average Bonchev–Trinajstić information content (AvgIpc) is 2.78. The molecule has 1 heterocycles. The summed E-state index contributed by atoms with van der Waals surface area (Å²) in [5.74, 6) is 0. The Labute approximate surface area is 123 Å². The smallest absolute Gasteiger partial charge is 0.0976 e. The van der Waals surface area contributed by atoms with Crippen LogP contribution in [0.5, 0.6) is 0 Å². The van der Waals surface area contributed by atoms with E-state index in [1.165, 1.54) is 24.1 Å². The van der Waals surface area contributed by atoms with Crippen molar-refractivity contribution in [3.05, 3.63) is 22.4 Å². The maximum atomic E-state index is 12.5. The van der Waals surface area contributed by atoms with E-state index in [-0.39, 0.29) is 10.8 Å². The summed E-state index contributed by atoms with van der Waals surface area (Å²) in [5.41, 5.74) is 0.311.